The van der Waals surface area contributed by atoms with Gasteiger partial charge in [-0.1, -0.05) is 48.9 Å². The molecule has 1 atom stereocenters. The van der Waals surface area contributed by atoms with Gasteiger partial charge in [-0.05, 0) is 18.9 Å². The number of hydrogen-bond donors (Lipinski definition) is 0. The van der Waals surface area contributed by atoms with Crippen LogP contribution in [0, 0.1) is 0 Å². The molecular weight excluding hydrogens is 196 g/mol. The molecule has 84 valence electrons. The maximum absolute atomic E-state index is 5.41. The maximum atomic E-state index is 5.41. The first-order valence-electron chi connectivity index (χ1n) is 5.81. The molecule has 0 amide bonds. The first-order valence-corrected chi connectivity index (χ1v) is 5.81. The molecule has 2 rings (SSSR count). The van der Waals surface area contributed by atoms with E-state index in [1.807, 2.05) is 12.1 Å². The average Bonchev–Trinajstić information content (AvgIpc) is 2.39. The lowest BCUT2D eigenvalue weighted by atomic mass is 9.87. The molecule has 0 spiro atoms. The normalized spacial score (nSPS) is 16.8. The van der Waals surface area contributed by atoms with Gasteiger partial charge in [0.05, 0.1) is 7.11 Å². The van der Waals surface area contributed by atoms with Gasteiger partial charge in [0.15, 0.2) is 0 Å². The molecule has 1 aromatic carbocycles. The van der Waals surface area contributed by atoms with E-state index in [1.54, 1.807) is 7.11 Å². The minimum Gasteiger partial charge on any atom is -0.496 e. The standard InChI is InChI=1S/C15H18O/c1-12(13-8-4-3-5-9-13)14-10-6-7-11-15(14)16-2/h3-4,6-8,10-12H,5,9H2,1-2H3. The van der Waals surface area contributed by atoms with Crippen LogP contribution in [0.25, 0.3) is 0 Å². The predicted octanol–water partition coefficient (Wildman–Crippen LogP) is 4.08. The minimum absolute atomic E-state index is 0.445. The Morgan fingerprint density at radius 2 is 2.06 bits per heavy atom. The van der Waals surface area contributed by atoms with Gasteiger partial charge in [-0.25, -0.2) is 0 Å². The van der Waals surface area contributed by atoms with Gasteiger partial charge in [-0.3, -0.25) is 0 Å². The second-order valence-electron chi connectivity index (χ2n) is 4.17. The number of rotatable bonds is 3. The van der Waals surface area contributed by atoms with Crippen molar-refractivity contribution in [3.8, 4) is 5.75 Å². The van der Waals surface area contributed by atoms with Crippen molar-refractivity contribution in [1.82, 2.24) is 0 Å². The van der Waals surface area contributed by atoms with Gasteiger partial charge in [0.2, 0.25) is 0 Å². The summed E-state index contributed by atoms with van der Waals surface area (Å²) in [5.74, 6) is 1.44. The number of methoxy groups -OCH3 is 1. The van der Waals surface area contributed by atoms with E-state index >= 15 is 0 Å². The number of hydrogen-bond acceptors (Lipinski definition) is 1. The van der Waals surface area contributed by atoms with E-state index < -0.39 is 0 Å². The number of benzene rings is 1. The zero-order valence-corrected chi connectivity index (χ0v) is 9.94. The van der Waals surface area contributed by atoms with E-state index in [1.165, 1.54) is 11.1 Å². The van der Waals surface area contributed by atoms with E-state index in [4.69, 9.17) is 4.74 Å². The summed E-state index contributed by atoms with van der Waals surface area (Å²) in [5, 5.41) is 0. The van der Waals surface area contributed by atoms with Crippen LogP contribution >= 0.6 is 0 Å². The first-order chi connectivity index (χ1) is 7.83. The van der Waals surface area contributed by atoms with Crippen molar-refractivity contribution in [3.63, 3.8) is 0 Å². The van der Waals surface area contributed by atoms with Crippen molar-refractivity contribution < 1.29 is 4.74 Å². The van der Waals surface area contributed by atoms with Crippen molar-refractivity contribution in [2.45, 2.75) is 25.7 Å². The Labute approximate surface area is 97.4 Å². The highest BCUT2D eigenvalue weighted by atomic mass is 16.5. The molecule has 0 heterocycles. The van der Waals surface area contributed by atoms with Gasteiger partial charge in [0.25, 0.3) is 0 Å². The van der Waals surface area contributed by atoms with E-state index in [0.717, 1.165) is 18.6 Å². The minimum atomic E-state index is 0.445. The fourth-order valence-electron chi connectivity index (χ4n) is 2.21. The third kappa shape index (κ3) is 2.19. The molecule has 1 heteroatoms. The molecule has 1 aliphatic rings. The zero-order valence-electron chi connectivity index (χ0n) is 9.94. The van der Waals surface area contributed by atoms with E-state index in [9.17, 15) is 0 Å². The molecule has 0 saturated carbocycles. The molecule has 0 saturated heterocycles. The molecule has 0 N–H and O–H groups in total. The molecule has 0 aromatic heterocycles. The first kappa shape index (κ1) is 11.0. The Kier molecular flexibility index (Phi) is 3.45. The summed E-state index contributed by atoms with van der Waals surface area (Å²) in [5.41, 5.74) is 2.78. The van der Waals surface area contributed by atoms with Crippen molar-refractivity contribution >= 4 is 0 Å². The second kappa shape index (κ2) is 5.02. The highest BCUT2D eigenvalue weighted by Crippen LogP contribution is 2.34. The van der Waals surface area contributed by atoms with E-state index in [-0.39, 0.29) is 0 Å². The van der Waals surface area contributed by atoms with Crippen molar-refractivity contribution in [3.05, 3.63) is 53.6 Å². The molecule has 1 unspecified atom stereocenters. The summed E-state index contributed by atoms with van der Waals surface area (Å²) >= 11 is 0. The lowest BCUT2D eigenvalue weighted by Crippen LogP contribution is -2.02. The summed E-state index contributed by atoms with van der Waals surface area (Å²) in [6.07, 6.45) is 8.94. The third-order valence-corrected chi connectivity index (χ3v) is 3.21. The van der Waals surface area contributed by atoms with Gasteiger partial charge in [0.1, 0.15) is 5.75 Å². The van der Waals surface area contributed by atoms with E-state index in [2.05, 4.69) is 37.3 Å². The Hall–Kier alpha value is -1.50. The molecule has 1 aromatic rings. The van der Waals surface area contributed by atoms with Crippen LogP contribution in [0.1, 0.15) is 31.2 Å². The van der Waals surface area contributed by atoms with Gasteiger partial charge >= 0.3 is 0 Å². The number of allylic oxidation sites excluding steroid dienone is 4. The predicted molar refractivity (Wildman–Crippen MR) is 67.9 cm³/mol. The highest BCUT2D eigenvalue weighted by Gasteiger charge is 2.15. The Morgan fingerprint density at radius 3 is 2.75 bits per heavy atom. The van der Waals surface area contributed by atoms with Crippen molar-refractivity contribution in [1.29, 1.82) is 0 Å². The van der Waals surface area contributed by atoms with Crippen LogP contribution in [-0.4, -0.2) is 7.11 Å². The fraction of sp³-hybridized carbons (Fsp3) is 0.333. The monoisotopic (exact) mass is 214 g/mol. The van der Waals surface area contributed by atoms with Crippen LogP contribution < -0.4 is 4.74 Å². The van der Waals surface area contributed by atoms with Gasteiger partial charge in [0, 0.05) is 11.5 Å². The smallest absolute Gasteiger partial charge is 0.122 e. The van der Waals surface area contributed by atoms with Crippen LogP contribution in [-0.2, 0) is 0 Å². The molecule has 1 nitrogen and oxygen atoms in total. The lowest BCUT2D eigenvalue weighted by Gasteiger charge is -2.19. The van der Waals surface area contributed by atoms with Crippen LogP contribution in [0.5, 0.6) is 5.75 Å². The molecule has 16 heavy (non-hydrogen) atoms. The Bertz CT molecular complexity index is 415. The number of para-hydroxylation sites is 1. The second-order valence-corrected chi connectivity index (χ2v) is 4.17. The highest BCUT2D eigenvalue weighted by molar-refractivity contribution is 5.41. The summed E-state index contributed by atoms with van der Waals surface area (Å²) in [7, 11) is 1.74. The zero-order chi connectivity index (χ0) is 11.4. The summed E-state index contributed by atoms with van der Waals surface area (Å²) in [6, 6.07) is 8.28. The van der Waals surface area contributed by atoms with Gasteiger partial charge < -0.3 is 4.74 Å². The molecular formula is C15H18O. The molecule has 0 bridgehead atoms. The number of ether oxygens (including phenoxy) is 1. The molecule has 1 aliphatic carbocycles. The van der Waals surface area contributed by atoms with Crippen LogP contribution in [0.4, 0.5) is 0 Å². The fourth-order valence-corrected chi connectivity index (χ4v) is 2.21. The SMILES string of the molecule is COc1ccccc1C(C)C1=CC=CCC1. The Morgan fingerprint density at radius 1 is 1.25 bits per heavy atom. The molecule has 0 radical (unpaired) electrons. The van der Waals surface area contributed by atoms with Crippen molar-refractivity contribution in [2.24, 2.45) is 0 Å². The Balaban J connectivity index is 2.29. The summed E-state index contributed by atoms with van der Waals surface area (Å²) in [6.45, 7) is 2.25. The van der Waals surface area contributed by atoms with Crippen LogP contribution in [0.15, 0.2) is 48.1 Å². The topological polar surface area (TPSA) is 9.23 Å². The van der Waals surface area contributed by atoms with Gasteiger partial charge in [-0.2, -0.15) is 0 Å². The third-order valence-electron chi connectivity index (χ3n) is 3.21. The maximum Gasteiger partial charge on any atom is 0.122 e. The molecule has 0 fully saturated rings. The van der Waals surface area contributed by atoms with E-state index in [0.29, 0.717) is 5.92 Å². The van der Waals surface area contributed by atoms with Gasteiger partial charge in [-0.15, -0.1) is 0 Å². The average molecular weight is 214 g/mol. The molecule has 0 aliphatic heterocycles. The quantitative estimate of drug-likeness (QED) is 0.736. The van der Waals surface area contributed by atoms with Crippen LogP contribution in [0.3, 0.4) is 0 Å². The largest absolute Gasteiger partial charge is 0.496 e. The summed E-state index contributed by atoms with van der Waals surface area (Å²) in [4.78, 5) is 0. The van der Waals surface area contributed by atoms with Crippen LogP contribution in [0.2, 0.25) is 0 Å². The lowest BCUT2D eigenvalue weighted by molar-refractivity contribution is 0.408. The summed E-state index contributed by atoms with van der Waals surface area (Å²) < 4.78 is 5.41. The van der Waals surface area contributed by atoms with Crippen molar-refractivity contribution in [2.75, 3.05) is 7.11 Å².